The van der Waals surface area contributed by atoms with Crippen LogP contribution < -0.4 is 10.7 Å². The van der Waals surface area contributed by atoms with Crippen molar-refractivity contribution in [3.8, 4) is 0 Å². The number of amides is 1. The van der Waals surface area contributed by atoms with Gasteiger partial charge in [0, 0.05) is 32.2 Å². The Morgan fingerprint density at radius 3 is 2.50 bits per heavy atom. The summed E-state index contributed by atoms with van der Waals surface area (Å²) in [5, 5.41) is 2.65. The smallest absolute Gasteiger partial charge is 0.257 e. The molecule has 1 aromatic rings. The van der Waals surface area contributed by atoms with E-state index in [1.54, 1.807) is 13.8 Å². The second-order valence-electron chi connectivity index (χ2n) is 4.00. The molecule has 6 heteroatoms. The van der Waals surface area contributed by atoms with E-state index < -0.39 is 12.2 Å². The SMILES string of the molecule is COC(OC)C(C)NC(=O)c1c[nH]c(C)cc1=O. The Balaban J connectivity index is 2.79. The number of ether oxygens (including phenoxy) is 2. The minimum absolute atomic E-state index is 0.0680. The van der Waals surface area contributed by atoms with Crippen LogP contribution in [0.2, 0.25) is 0 Å². The van der Waals surface area contributed by atoms with Crippen molar-refractivity contribution in [2.24, 2.45) is 0 Å². The van der Waals surface area contributed by atoms with E-state index >= 15 is 0 Å². The minimum atomic E-state index is -0.557. The van der Waals surface area contributed by atoms with Crippen LogP contribution in [0.3, 0.4) is 0 Å². The van der Waals surface area contributed by atoms with Gasteiger partial charge in [-0.3, -0.25) is 9.59 Å². The number of methoxy groups -OCH3 is 2. The summed E-state index contributed by atoms with van der Waals surface area (Å²) >= 11 is 0. The van der Waals surface area contributed by atoms with E-state index in [4.69, 9.17) is 9.47 Å². The lowest BCUT2D eigenvalue weighted by Crippen LogP contribution is -2.44. The van der Waals surface area contributed by atoms with E-state index in [1.165, 1.54) is 26.5 Å². The maximum atomic E-state index is 11.9. The molecule has 0 radical (unpaired) electrons. The standard InChI is InChI=1S/C12H18N2O4/c1-7-5-10(15)9(6-13-7)11(16)14-8(2)12(17-3)18-4/h5-6,8,12H,1-4H3,(H,13,15)(H,14,16). The number of carbonyl (C=O) groups is 1. The van der Waals surface area contributed by atoms with Crippen LogP contribution in [0, 0.1) is 6.92 Å². The highest BCUT2D eigenvalue weighted by Crippen LogP contribution is 2.00. The van der Waals surface area contributed by atoms with Gasteiger partial charge in [0.15, 0.2) is 11.7 Å². The van der Waals surface area contributed by atoms with E-state index in [0.717, 1.165) is 0 Å². The zero-order valence-electron chi connectivity index (χ0n) is 10.9. The van der Waals surface area contributed by atoms with Gasteiger partial charge >= 0.3 is 0 Å². The Labute approximate surface area is 105 Å². The van der Waals surface area contributed by atoms with Gasteiger partial charge in [0.1, 0.15) is 5.56 Å². The van der Waals surface area contributed by atoms with Gasteiger partial charge < -0.3 is 19.8 Å². The number of aromatic amines is 1. The highest BCUT2D eigenvalue weighted by atomic mass is 16.7. The third-order valence-corrected chi connectivity index (χ3v) is 2.53. The molecule has 0 fully saturated rings. The number of nitrogens with one attached hydrogen (secondary N) is 2. The second kappa shape index (κ2) is 6.32. The van der Waals surface area contributed by atoms with Crippen molar-refractivity contribution in [3.63, 3.8) is 0 Å². The average molecular weight is 254 g/mol. The van der Waals surface area contributed by atoms with E-state index in [0.29, 0.717) is 5.69 Å². The van der Waals surface area contributed by atoms with Crippen LogP contribution >= 0.6 is 0 Å². The van der Waals surface area contributed by atoms with Gasteiger partial charge in [-0.25, -0.2) is 0 Å². The van der Waals surface area contributed by atoms with Crippen molar-refractivity contribution < 1.29 is 14.3 Å². The summed E-state index contributed by atoms with van der Waals surface area (Å²) in [6.07, 6.45) is 0.840. The molecule has 2 N–H and O–H groups in total. The zero-order chi connectivity index (χ0) is 13.7. The predicted octanol–water partition coefficient (Wildman–Crippen LogP) is 0.421. The first-order valence-corrected chi connectivity index (χ1v) is 5.55. The largest absolute Gasteiger partial charge is 0.364 e. The molecule has 0 saturated carbocycles. The van der Waals surface area contributed by atoms with Crippen LogP contribution in [0.15, 0.2) is 17.1 Å². The van der Waals surface area contributed by atoms with Crippen molar-refractivity contribution in [1.82, 2.24) is 10.3 Å². The quantitative estimate of drug-likeness (QED) is 0.746. The molecule has 0 aliphatic carbocycles. The molecule has 1 unspecified atom stereocenters. The number of aromatic nitrogens is 1. The number of hydrogen-bond acceptors (Lipinski definition) is 4. The maximum absolute atomic E-state index is 11.9. The summed E-state index contributed by atoms with van der Waals surface area (Å²) in [5.41, 5.74) is 0.456. The highest BCUT2D eigenvalue weighted by molar-refractivity contribution is 5.93. The van der Waals surface area contributed by atoms with Crippen molar-refractivity contribution >= 4 is 5.91 Å². The van der Waals surface area contributed by atoms with E-state index in [-0.39, 0.29) is 17.0 Å². The number of rotatable bonds is 5. The monoisotopic (exact) mass is 254 g/mol. The first-order chi connectivity index (χ1) is 8.49. The Morgan fingerprint density at radius 2 is 2.00 bits per heavy atom. The van der Waals surface area contributed by atoms with Crippen molar-refractivity contribution in [3.05, 3.63) is 33.7 Å². The number of carbonyl (C=O) groups excluding carboxylic acids is 1. The molecule has 1 amide bonds. The summed E-state index contributed by atoms with van der Waals surface area (Å²) < 4.78 is 10.0. The molecule has 0 bridgehead atoms. The van der Waals surface area contributed by atoms with E-state index in [1.807, 2.05) is 0 Å². The first kappa shape index (κ1) is 14.4. The number of pyridine rings is 1. The van der Waals surface area contributed by atoms with Gasteiger partial charge in [0.2, 0.25) is 0 Å². The summed E-state index contributed by atoms with van der Waals surface area (Å²) in [5.74, 6) is -0.456. The Bertz CT molecular complexity index is 465. The average Bonchev–Trinajstić information content (AvgIpc) is 2.30. The lowest BCUT2D eigenvalue weighted by atomic mass is 10.2. The normalized spacial score (nSPS) is 12.5. The molecule has 18 heavy (non-hydrogen) atoms. The van der Waals surface area contributed by atoms with E-state index in [9.17, 15) is 9.59 Å². The van der Waals surface area contributed by atoms with Gasteiger partial charge in [-0.2, -0.15) is 0 Å². The molecule has 100 valence electrons. The Kier molecular flexibility index (Phi) is 5.06. The van der Waals surface area contributed by atoms with E-state index in [2.05, 4.69) is 10.3 Å². The molecule has 1 heterocycles. The van der Waals surface area contributed by atoms with Crippen LogP contribution in [0.5, 0.6) is 0 Å². The predicted molar refractivity (Wildman–Crippen MR) is 66.5 cm³/mol. The van der Waals surface area contributed by atoms with Crippen molar-refractivity contribution in [1.29, 1.82) is 0 Å². The van der Waals surface area contributed by atoms with Crippen LogP contribution in [0.4, 0.5) is 0 Å². The molecular weight excluding hydrogens is 236 g/mol. The fourth-order valence-electron chi connectivity index (χ4n) is 1.61. The highest BCUT2D eigenvalue weighted by Gasteiger charge is 2.20. The van der Waals surface area contributed by atoms with Gasteiger partial charge in [-0.15, -0.1) is 0 Å². The molecule has 6 nitrogen and oxygen atoms in total. The lowest BCUT2D eigenvalue weighted by molar-refractivity contribution is -0.117. The van der Waals surface area contributed by atoms with Crippen LogP contribution in [-0.4, -0.2) is 37.4 Å². The fraction of sp³-hybridized carbons (Fsp3) is 0.500. The second-order valence-corrected chi connectivity index (χ2v) is 4.00. The topological polar surface area (TPSA) is 80.4 Å². The summed E-state index contributed by atoms with van der Waals surface area (Å²) in [6, 6.07) is 1.01. The summed E-state index contributed by atoms with van der Waals surface area (Å²) in [6.45, 7) is 3.48. The third kappa shape index (κ3) is 3.41. The molecule has 1 aromatic heterocycles. The molecule has 0 aromatic carbocycles. The molecule has 0 saturated heterocycles. The van der Waals surface area contributed by atoms with Crippen LogP contribution in [0.25, 0.3) is 0 Å². The summed E-state index contributed by atoms with van der Waals surface area (Å²) in [7, 11) is 2.96. The first-order valence-electron chi connectivity index (χ1n) is 5.55. The zero-order valence-corrected chi connectivity index (χ0v) is 10.9. The fourth-order valence-corrected chi connectivity index (χ4v) is 1.61. The van der Waals surface area contributed by atoms with Crippen LogP contribution in [-0.2, 0) is 9.47 Å². The number of H-pyrrole nitrogens is 1. The number of aryl methyl sites for hydroxylation is 1. The molecule has 0 spiro atoms. The van der Waals surface area contributed by atoms with Gasteiger partial charge in [-0.1, -0.05) is 0 Å². The third-order valence-electron chi connectivity index (χ3n) is 2.53. The number of hydrogen-bond donors (Lipinski definition) is 2. The van der Waals surface area contributed by atoms with Gasteiger partial charge in [0.25, 0.3) is 5.91 Å². The molecule has 0 aliphatic heterocycles. The van der Waals surface area contributed by atoms with Gasteiger partial charge in [0.05, 0.1) is 6.04 Å². The van der Waals surface area contributed by atoms with Crippen molar-refractivity contribution in [2.45, 2.75) is 26.2 Å². The lowest BCUT2D eigenvalue weighted by Gasteiger charge is -2.21. The molecule has 1 atom stereocenters. The Hall–Kier alpha value is -1.66. The summed E-state index contributed by atoms with van der Waals surface area (Å²) in [4.78, 5) is 26.3. The molecule has 0 aliphatic rings. The van der Waals surface area contributed by atoms with Crippen molar-refractivity contribution in [2.75, 3.05) is 14.2 Å². The van der Waals surface area contributed by atoms with Gasteiger partial charge in [-0.05, 0) is 13.8 Å². The molecule has 1 rings (SSSR count). The maximum Gasteiger partial charge on any atom is 0.257 e. The molecular formula is C12H18N2O4. The Morgan fingerprint density at radius 1 is 1.39 bits per heavy atom. The van der Waals surface area contributed by atoms with Crippen LogP contribution in [0.1, 0.15) is 23.0 Å². The minimum Gasteiger partial charge on any atom is -0.364 e.